The zero-order valence-electron chi connectivity index (χ0n) is 10.2. The number of nitrogens with two attached hydrogens (primary N) is 1. The van der Waals surface area contributed by atoms with Gasteiger partial charge in [-0.15, -0.1) is 0 Å². The maximum Gasteiger partial charge on any atom is 0.198 e. The Balaban J connectivity index is 3.33. The van der Waals surface area contributed by atoms with Gasteiger partial charge in [0.25, 0.3) is 0 Å². The Hall–Kier alpha value is -1.00. The molecule has 1 atom stereocenters. The van der Waals surface area contributed by atoms with E-state index in [1.54, 1.807) is 6.07 Å². The Kier molecular flexibility index (Phi) is 5.02. The van der Waals surface area contributed by atoms with Crippen LogP contribution >= 0.6 is 11.6 Å². The van der Waals surface area contributed by atoms with Crippen LogP contribution in [0.2, 0.25) is 5.02 Å². The lowest BCUT2D eigenvalue weighted by Gasteiger charge is -2.18. The minimum atomic E-state index is -0.602. The molecule has 0 bridgehead atoms. The van der Waals surface area contributed by atoms with Gasteiger partial charge in [-0.1, -0.05) is 18.5 Å². The number of ether oxygens (including phenoxy) is 2. The van der Waals surface area contributed by atoms with Gasteiger partial charge in [0.05, 0.1) is 19.2 Å². The highest BCUT2D eigenvalue weighted by Crippen LogP contribution is 2.41. The molecule has 0 radical (unpaired) electrons. The maximum atomic E-state index is 13.7. The largest absolute Gasteiger partial charge is 0.492 e. The zero-order chi connectivity index (χ0) is 13.0. The van der Waals surface area contributed by atoms with E-state index >= 15 is 0 Å². The van der Waals surface area contributed by atoms with E-state index in [-0.39, 0.29) is 16.7 Å². The molecule has 1 aromatic carbocycles. The smallest absolute Gasteiger partial charge is 0.198 e. The van der Waals surface area contributed by atoms with Crippen LogP contribution in [0.4, 0.5) is 4.39 Å². The summed E-state index contributed by atoms with van der Waals surface area (Å²) in [6.07, 6.45) is 0.765. The third-order valence-corrected chi connectivity index (χ3v) is 2.97. The molecule has 0 aliphatic rings. The summed E-state index contributed by atoms with van der Waals surface area (Å²) >= 11 is 5.83. The third-order valence-electron chi connectivity index (χ3n) is 2.70. The molecule has 0 saturated heterocycles. The molecule has 0 aliphatic heterocycles. The molecule has 2 N–H and O–H groups in total. The molecule has 96 valence electrons. The van der Waals surface area contributed by atoms with Crippen LogP contribution in [-0.4, -0.2) is 20.8 Å². The highest BCUT2D eigenvalue weighted by atomic mass is 35.5. The number of benzene rings is 1. The molecule has 0 aromatic heterocycles. The van der Waals surface area contributed by atoms with Crippen LogP contribution in [0.25, 0.3) is 0 Å². The van der Waals surface area contributed by atoms with Gasteiger partial charge in [-0.3, -0.25) is 0 Å². The second kappa shape index (κ2) is 6.07. The first-order chi connectivity index (χ1) is 8.06. The van der Waals surface area contributed by atoms with E-state index in [0.717, 1.165) is 12.0 Å². The fourth-order valence-electron chi connectivity index (χ4n) is 1.77. The Labute approximate surface area is 106 Å². The standard InChI is InChI=1S/C12H17ClFNO2/c1-7(4-5-15)8-6-9(13)10(14)12(17-3)11(8)16-2/h6-7H,4-5,15H2,1-3H3. The van der Waals surface area contributed by atoms with Gasteiger partial charge in [0.15, 0.2) is 17.3 Å². The number of hydrogen-bond acceptors (Lipinski definition) is 3. The molecular formula is C12H17ClFNO2. The summed E-state index contributed by atoms with van der Waals surface area (Å²) in [5, 5.41) is 0.0292. The summed E-state index contributed by atoms with van der Waals surface area (Å²) < 4.78 is 23.9. The fraction of sp³-hybridized carbons (Fsp3) is 0.500. The summed E-state index contributed by atoms with van der Waals surface area (Å²) in [5.41, 5.74) is 6.32. The third kappa shape index (κ3) is 2.82. The first-order valence-electron chi connectivity index (χ1n) is 5.36. The monoisotopic (exact) mass is 261 g/mol. The molecule has 1 unspecified atom stereocenters. The van der Waals surface area contributed by atoms with Crippen molar-refractivity contribution in [2.45, 2.75) is 19.3 Å². The van der Waals surface area contributed by atoms with Crippen molar-refractivity contribution in [2.24, 2.45) is 5.73 Å². The van der Waals surface area contributed by atoms with Crippen LogP contribution in [0, 0.1) is 5.82 Å². The van der Waals surface area contributed by atoms with Crippen molar-refractivity contribution in [1.29, 1.82) is 0 Å². The highest BCUT2D eigenvalue weighted by molar-refractivity contribution is 6.31. The van der Waals surface area contributed by atoms with Crippen LogP contribution in [0.3, 0.4) is 0 Å². The lowest BCUT2D eigenvalue weighted by Crippen LogP contribution is -2.07. The van der Waals surface area contributed by atoms with Gasteiger partial charge in [-0.2, -0.15) is 0 Å². The summed E-state index contributed by atoms with van der Waals surface area (Å²) in [6, 6.07) is 1.57. The lowest BCUT2D eigenvalue weighted by molar-refractivity contribution is 0.333. The van der Waals surface area contributed by atoms with E-state index in [2.05, 4.69) is 0 Å². The van der Waals surface area contributed by atoms with Crippen molar-refractivity contribution in [1.82, 2.24) is 0 Å². The van der Waals surface area contributed by atoms with Crippen LogP contribution in [0.15, 0.2) is 6.07 Å². The molecule has 1 aromatic rings. The van der Waals surface area contributed by atoms with E-state index in [9.17, 15) is 4.39 Å². The molecular weight excluding hydrogens is 245 g/mol. The molecule has 1 rings (SSSR count). The molecule has 0 heterocycles. The predicted molar refractivity (Wildman–Crippen MR) is 66.6 cm³/mol. The first kappa shape index (κ1) is 14.1. The van der Waals surface area contributed by atoms with Gasteiger partial charge in [-0.25, -0.2) is 4.39 Å². The SMILES string of the molecule is COc1c(C(C)CCN)cc(Cl)c(F)c1OC. The second-order valence-corrected chi connectivity index (χ2v) is 4.21. The maximum absolute atomic E-state index is 13.7. The summed E-state index contributed by atoms with van der Waals surface area (Å²) in [6.45, 7) is 2.53. The molecule has 0 saturated carbocycles. The van der Waals surface area contributed by atoms with Gasteiger partial charge >= 0.3 is 0 Å². The summed E-state index contributed by atoms with van der Waals surface area (Å²) in [5.74, 6) is -0.0501. The van der Waals surface area contributed by atoms with E-state index in [4.69, 9.17) is 26.8 Å². The van der Waals surface area contributed by atoms with Crippen molar-refractivity contribution in [3.05, 3.63) is 22.5 Å². The van der Waals surface area contributed by atoms with Crippen molar-refractivity contribution < 1.29 is 13.9 Å². The molecule has 0 aliphatic carbocycles. The molecule has 0 spiro atoms. The average Bonchev–Trinajstić information content (AvgIpc) is 2.32. The molecule has 3 nitrogen and oxygen atoms in total. The van der Waals surface area contributed by atoms with Gasteiger partial charge in [0.1, 0.15) is 0 Å². The molecule has 0 amide bonds. The van der Waals surface area contributed by atoms with E-state index in [1.807, 2.05) is 6.92 Å². The second-order valence-electron chi connectivity index (χ2n) is 3.81. The van der Waals surface area contributed by atoms with Gasteiger partial charge < -0.3 is 15.2 Å². The fourth-order valence-corrected chi connectivity index (χ4v) is 1.97. The predicted octanol–water partition coefficient (Wildman–Crippen LogP) is 2.95. The first-order valence-corrected chi connectivity index (χ1v) is 5.74. The van der Waals surface area contributed by atoms with Crippen LogP contribution in [-0.2, 0) is 0 Å². The normalized spacial score (nSPS) is 12.4. The van der Waals surface area contributed by atoms with Crippen LogP contribution in [0.5, 0.6) is 11.5 Å². The topological polar surface area (TPSA) is 44.5 Å². The van der Waals surface area contributed by atoms with Crippen molar-refractivity contribution >= 4 is 11.6 Å². The number of methoxy groups -OCH3 is 2. The Morgan fingerprint density at radius 2 is 1.94 bits per heavy atom. The zero-order valence-corrected chi connectivity index (χ0v) is 11.0. The number of halogens is 2. The van der Waals surface area contributed by atoms with Crippen molar-refractivity contribution in [3.63, 3.8) is 0 Å². The van der Waals surface area contributed by atoms with E-state index in [1.165, 1.54) is 14.2 Å². The van der Waals surface area contributed by atoms with Crippen LogP contribution < -0.4 is 15.2 Å². The lowest BCUT2D eigenvalue weighted by atomic mass is 9.96. The van der Waals surface area contributed by atoms with Crippen LogP contribution in [0.1, 0.15) is 24.8 Å². The molecule has 17 heavy (non-hydrogen) atoms. The Morgan fingerprint density at radius 3 is 2.41 bits per heavy atom. The number of hydrogen-bond donors (Lipinski definition) is 1. The minimum Gasteiger partial charge on any atom is -0.492 e. The van der Waals surface area contributed by atoms with Crippen molar-refractivity contribution in [2.75, 3.05) is 20.8 Å². The van der Waals surface area contributed by atoms with E-state index in [0.29, 0.717) is 12.3 Å². The van der Waals surface area contributed by atoms with Gasteiger partial charge in [0.2, 0.25) is 0 Å². The average molecular weight is 262 g/mol. The summed E-state index contributed by atoms with van der Waals surface area (Å²) in [4.78, 5) is 0. The van der Waals surface area contributed by atoms with Gasteiger partial charge in [-0.05, 0) is 24.9 Å². The Bertz CT molecular complexity index is 399. The van der Waals surface area contributed by atoms with Gasteiger partial charge in [0, 0.05) is 5.56 Å². The van der Waals surface area contributed by atoms with E-state index < -0.39 is 5.82 Å². The summed E-state index contributed by atoms with van der Waals surface area (Å²) in [7, 11) is 2.86. The quantitative estimate of drug-likeness (QED) is 0.886. The minimum absolute atomic E-state index is 0.0292. The highest BCUT2D eigenvalue weighted by Gasteiger charge is 2.21. The van der Waals surface area contributed by atoms with Crippen molar-refractivity contribution in [3.8, 4) is 11.5 Å². The Morgan fingerprint density at radius 1 is 1.35 bits per heavy atom. The molecule has 0 fully saturated rings. The molecule has 5 heteroatoms. The number of rotatable bonds is 5.